The fraction of sp³-hybridized carbons (Fsp3) is 0.280. The second-order valence-corrected chi connectivity index (χ2v) is 8.02. The standard InChI is InChI=1S/C25H25N3O4/c29-23(27-13-5-6-14-27)17-32-22-12-4-2-10-20(22)24-26-21-11-3-1-9-19(21)25(30)28(24)16-18-8-7-15-31-18/h1-4,7-12,15,24,26H,5-6,13-14,16-17H2/t24-/m0/s1. The van der Waals surface area contributed by atoms with Crippen LogP contribution >= 0.6 is 0 Å². The zero-order chi connectivity index (χ0) is 21.9. The van der Waals surface area contributed by atoms with Gasteiger partial charge in [-0.25, -0.2) is 0 Å². The topological polar surface area (TPSA) is 75.0 Å². The zero-order valence-electron chi connectivity index (χ0n) is 17.7. The van der Waals surface area contributed by atoms with Crippen LogP contribution in [0.15, 0.2) is 71.3 Å². The summed E-state index contributed by atoms with van der Waals surface area (Å²) in [7, 11) is 0. The highest BCUT2D eigenvalue weighted by Gasteiger charge is 2.35. The molecule has 7 heteroatoms. The smallest absolute Gasteiger partial charge is 0.260 e. The molecule has 5 rings (SSSR count). The third kappa shape index (κ3) is 3.93. The highest BCUT2D eigenvalue weighted by atomic mass is 16.5. The Balaban J connectivity index is 1.45. The van der Waals surface area contributed by atoms with Crippen molar-refractivity contribution < 1.29 is 18.7 Å². The summed E-state index contributed by atoms with van der Waals surface area (Å²) in [5.74, 6) is 1.16. The van der Waals surface area contributed by atoms with Gasteiger partial charge in [-0.05, 0) is 43.2 Å². The molecule has 1 N–H and O–H groups in total. The molecular formula is C25H25N3O4. The van der Waals surface area contributed by atoms with Crippen molar-refractivity contribution in [2.75, 3.05) is 25.0 Å². The summed E-state index contributed by atoms with van der Waals surface area (Å²) in [6.07, 6.45) is 3.21. The van der Waals surface area contributed by atoms with Gasteiger partial charge in [-0.15, -0.1) is 0 Å². The fourth-order valence-electron chi connectivity index (χ4n) is 4.31. The molecule has 3 heterocycles. The molecule has 2 aromatic carbocycles. The lowest BCUT2D eigenvalue weighted by atomic mass is 10.0. The average molecular weight is 431 g/mol. The Kier molecular flexibility index (Phi) is 5.54. The van der Waals surface area contributed by atoms with Crippen molar-refractivity contribution in [1.29, 1.82) is 0 Å². The Morgan fingerprint density at radius 3 is 2.62 bits per heavy atom. The van der Waals surface area contributed by atoms with Crippen LogP contribution in [-0.4, -0.2) is 41.3 Å². The molecule has 1 fully saturated rings. The quantitative estimate of drug-likeness (QED) is 0.637. The summed E-state index contributed by atoms with van der Waals surface area (Å²) in [6.45, 7) is 1.86. The van der Waals surface area contributed by atoms with Gasteiger partial charge in [0.15, 0.2) is 6.61 Å². The molecule has 2 aliphatic rings. The Morgan fingerprint density at radius 1 is 1.03 bits per heavy atom. The lowest BCUT2D eigenvalue weighted by Gasteiger charge is -2.38. The number of para-hydroxylation sites is 2. The van der Waals surface area contributed by atoms with E-state index in [4.69, 9.17) is 9.15 Å². The first-order valence-electron chi connectivity index (χ1n) is 10.9. The summed E-state index contributed by atoms with van der Waals surface area (Å²) in [4.78, 5) is 29.5. The molecule has 32 heavy (non-hydrogen) atoms. The predicted molar refractivity (Wildman–Crippen MR) is 119 cm³/mol. The zero-order valence-corrected chi connectivity index (χ0v) is 17.7. The number of fused-ring (bicyclic) bond motifs is 1. The molecule has 2 aliphatic heterocycles. The lowest BCUT2D eigenvalue weighted by molar-refractivity contribution is -0.132. The lowest BCUT2D eigenvalue weighted by Crippen LogP contribution is -2.42. The second-order valence-electron chi connectivity index (χ2n) is 8.02. The third-order valence-electron chi connectivity index (χ3n) is 5.95. The number of likely N-dealkylation sites (tertiary alicyclic amines) is 1. The van der Waals surface area contributed by atoms with Crippen LogP contribution in [0.25, 0.3) is 0 Å². The first-order valence-corrected chi connectivity index (χ1v) is 10.9. The molecule has 7 nitrogen and oxygen atoms in total. The van der Waals surface area contributed by atoms with Crippen molar-refractivity contribution in [1.82, 2.24) is 9.80 Å². The summed E-state index contributed by atoms with van der Waals surface area (Å²) >= 11 is 0. The molecule has 1 saturated heterocycles. The minimum Gasteiger partial charge on any atom is -0.483 e. The van der Waals surface area contributed by atoms with E-state index in [1.165, 1.54) is 0 Å². The average Bonchev–Trinajstić information content (AvgIpc) is 3.54. The number of rotatable bonds is 6. The van der Waals surface area contributed by atoms with Crippen molar-refractivity contribution in [2.45, 2.75) is 25.6 Å². The Morgan fingerprint density at radius 2 is 1.81 bits per heavy atom. The summed E-state index contributed by atoms with van der Waals surface area (Å²) in [5.41, 5.74) is 2.16. The molecule has 0 unspecified atom stereocenters. The number of benzene rings is 2. The number of ether oxygens (including phenoxy) is 1. The van der Waals surface area contributed by atoms with Gasteiger partial charge in [0.2, 0.25) is 0 Å². The van der Waals surface area contributed by atoms with Gasteiger partial charge in [0, 0.05) is 24.3 Å². The van der Waals surface area contributed by atoms with E-state index in [0.717, 1.165) is 37.2 Å². The number of nitrogens with one attached hydrogen (secondary N) is 1. The molecule has 0 saturated carbocycles. The van der Waals surface area contributed by atoms with Gasteiger partial charge in [-0.3, -0.25) is 9.59 Å². The molecule has 1 atom stereocenters. The van der Waals surface area contributed by atoms with Gasteiger partial charge in [0.25, 0.3) is 11.8 Å². The van der Waals surface area contributed by atoms with Gasteiger partial charge in [-0.1, -0.05) is 30.3 Å². The normalized spacial score (nSPS) is 17.8. The van der Waals surface area contributed by atoms with Crippen LogP contribution in [0.3, 0.4) is 0 Å². The van der Waals surface area contributed by atoms with E-state index in [1.807, 2.05) is 59.5 Å². The molecular weight excluding hydrogens is 406 g/mol. The van der Waals surface area contributed by atoms with Crippen molar-refractivity contribution in [3.8, 4) is 5.75 Å². The Bertz CT molecular complexity index is 1110. The maximum Gasteiger partial charge on any atom is 0.260 e. The van der Waals surface area contributed by atoms with Crippen molar-refractivity contribution in [3.63, 3.8) is 0 Å². The van der Waals surface area contributed by atoms with Crippen molar-refractivity contribution in [2.24, 2.45) is 0 Å². The minimum absolute atomic E-state index is 0.0113. The molecule has 3 aromatic rings. The summed E-state index contributed by atoms with van der Waals surface area (Å²) in [6, 6.07) is 18.6. The molecule has 0 bridgehead atoms. The molecule has 0 radical (unpaired) electrons. The molecule has 1 aromatic heterocycles. The van der Waals surface area contributed by atoms with Crippen LogP contribution < -0.4 is 10.1 Å². The van der Waals surface area contributed by atoms with Crippen molar-refractivity contribution in [3.05, 3.63) is 83.8 Å². The van der Waals surface area contributed by atoms with E-state index in [2.05, 4.69) is 5.32 Å². The van der Waals surface area contributed by atoms with Gasteiger partial charge >= 0.3 is 0 Å². The number of carbonyl (C=O) groups is 2. The number of anilines is 1. The fourth-order valence-corrected chi connectivity index (χ4v) is 4.31. The van der Waals surface area contributed by atoms with E-state index in [1.54, 1.807) is 17.2 Å². The molecule has 0 aliphatic carbocycles. The maximum absolute atomic E-state index is 13.4. The van der Waals surface area contributed by atoms with Crippen LogP contribution in [-0.2, 0) is 11.3 Å². The minimum atomic E-state index is -0.472. The van der Waals surface area contributed by atoms with Crippen LogP contribution in [0.5, 0.6) is 5.75 Å². The number of carbonyl (C=O) groups excluding carboxylic acids is 2. The van der Waals surface area contributed by atoms with Crippen LogP contribution in [0, 0.1) is 0 Å². The Labute approximate surface area is 186 Å². The number of furan rings is 1. The highest BCUT2D eigenvalue weighted by Crippen LogP contribution is 2.37. The van der Waals surface area contributed by atoms with E-state index >= 15 is 0 Å². The number of amides is 2. The van der Waals surface area contributed by atoms with E-state index in [-0.39, 0.29) is 18.4 Å². The van der Waals surface area contributed by atoms with Crippen LogP contribution in [0.1, 0.15) is 40.7 Å². The van der Waals surface area contributed by atoms with Crippen molar-refractivity contribution >= 4 is 17.5 Å². The molecule has 164 valence electrons. The summed E-state index contributed by atoms with van der Waals surface area (Å²) in [5, 5.41) is 3.48. The highest BCUT2D eigenvalue weighted by molar-refractivity contribution is 6.01. The third-order valence-corrected chi connectivity index (χ3v) is 5.95. The number of hydrogen-bond acceptors (Lipinski definition) is 5. The SMILES string of the molecule is O=C(COc1ccccc1[C@H]1Nc2ccccc2C(=O)N1Cc1ccco1)N1CCCC1. The number of nitrogens with zero attached hydrogens (tertiary/aromatic N) is 2. The van der Waals surface area contributed by atoms with Gasteiger partial charge in [-0.2, -0.15) is 0 Å². The van der Waals surface area contributed by atoms with Crippen LogP contribution in [0.4, 0.5) is 5.69 Å². The van der Waals surface area contributed by atoms with Gasteiger partial charge < -0.3 is 24.3 Å². The first kappa shape index (κ1) is 20.2. The van der Waals surface area contributed by atoms with E-state index in [0.29, 0.717) is 23.6 Å². The molecule has 0 spiro atoms. The Hall–Kier alpha value is -3.74. The largest absolute Gasteiger partial charge is 0.483 e. The number of hydrogen-bond donors (Lipinski definition) is 1. The second kappa shape index (κ2) is 8.78. The predicted octanol–water partition coefficient (Wildman–Crippen LogP) is 4.05. The monoisotopic (exact) mass is 431 g/mol. The van der Waals surface area contributed by atoms with Gasteiger partial charge in [0.05, 0.1) is 18.4 Å². The van der Waals surface area contributed by atoms with E-state index < -0.39 is 6.17 Å². The van der Waals surface area contributed by atoms with E-state index in [9.17, 15) is 9.59 Å². The summed E-state index contributed by atoms with van der Waals surface area (Å²) < 4.78 is 11.5. The maximum atomic E-state index is 13.4. The first-order chi connectivity index (χ1) is 15.7. The van der Waals surface area contributed by atoms with Gasteiger partial charge in [0.1, 0.15) is 17.7 Å². The molecule has 2 amide bonds. The van der Waals surface area contributed by atoms with Crippen LogP contribution in [0.2, 0.25) is 0 Å².